The van der Waals surface area contributed by atoms with E-state index in [4.69, 9.17) is 9.47 Å². The number of aliphatic imine (C=N–C) groups is 1. The van der Waals surface area contributed by atoms with E-state index in [0.717, 1.165) is 70.5 Å². The molecule has 1 amide bonds. The molecule has 0 aromatic carbocycles. The lowest BCUT2D eigenvalue weighted by Crippen LogP contribution is -2.52. The predicted molar refractivity (Wildman–Crippen MR) is 120 cm³/mol. The topological polar surface area (TPSA) is 66.4 Å². The third kappa shape index (κ3) is 7.97. The summed E-state index contributed by atoms with van der Waals surface area (Å²) < 4.78 is 11.4. The minimum atomic E-state index is -0.450. The molecule has 1 heterocycles. The molecule has 2 aliphatic carbocycles. The van der Waals surface area contributed by atoms with Gasteiger partial charge in [-0.05, 0) is 77.6 Å². The van der Waals surface area contributed by atoms with Gasteiger partial charge in [0.05, 0.1) is 0 Å². The fourth-order valence-corrected chi connectivity index (χ4v) is 3.90. The monoisotopic (exact) mass is 422 g/mol. The fourth-order valence-electron chi connectivity index (χ4n) is 3.90. The second kappa shape index (κ2) is 10.7. The number of amides is 1. The van der Waals surface area contributed by atoms with E-state index in [1.807, 2.05) is 32.7 Å². The van der Waals surface area contributed by atoms with Crippen molar-refractivity contribution >= 4 is 12.1 Å². The minimum absolute atomic E-state index is 0.151. The van der Waals surface area contributed by atoms with E-state index in [0.29, 0.717) is 5.92 Å². The van der Waals surface area contributed by atoms with E-state index >= 15 is 0 Å². The minimum Gasteiger partial charge on any atom is -0.444 e. The standard InChI is InChI=1S/C23H42N4O3/c1-23(2,3)30-22(28)27(16-18-6-7-18)20-10-13-26(14-11-20)21(24-4)25-12-5-15-29-17-19-8-9-19/h18-20H,5-17H2,1-4H3,(H,24,25). The number of piperidine rings is 1. The highest BCUT2D eigenvalue weighted by molar-refractivity contribution is 5.80. The number of nitrogens with zero attached hydrogens (tertiary/aromatic N) is 3. The van der Waals surface area contributed by atoms with Gasteiger partial charge in [-0.1, -0.05) is 0 Å². The van der Waals surface area contributed by atoms with E-state index in [2.05, 4.69) is 15.2 Å². The summed E-state index contributed by atoms with van der Waals surface area (Å²) in [6.07, 6.45) is 7.91. The van der Waals surface area contributed by atoms with Crippen LogP contribution in [-0.2, 0) is 9.47 Å². The van der Waals surface area contributed by atoms with Gasteiger partial charge < -0.3 is 24.6 Å². The maximum atomic E-state index is 12.8. The number of carbonyl (C=O) groups is 1. The molecule has 0 bridgehead atoms. The van der Waals surface area contributed by atoms with Gasteiger partial charge in [0.2, 0.25) is 0 Å². The molecule has 0 aromatic rings. The lowest BCUT2D eigenvalue weighted by molar-refractivity contribution is 0.00928. The van der Waals surface area contributed by atoms with Crippen LogP contribution in [0.2, 0.25) is 0 Å². The first kappa shape index (κ1) is 23.2. The predicted octanol–water partition coefficient (Wildman–Crippen LogP) is 3.49. The SMILES string of the molecule is CN=C(NCCCOCC1CC1)N1CCC(N(CC2CC2)C(=O)OC(C)(C)C)CC1. The molecule has 3 fully saturated rings. The second-order valence-electron chi connectivity index (χ2n) is 10.1. The first-order valence-electron chi connectivity index (χ1n) is 11.9. The first-order chi connectivity index (χ1) is 14.4. The van der Waals surface area contributed by atoms with Crippen LogP contribution in [0.5, 0.6) is 0 Å². The van der Waals surface area contributed by atoms with E-state index in [1.54, 1.807) is 0 Å². The van der Waals surface area contributed by atoms with Gasteiger partial charge in [-0.15, -0.1) is 0 Å². The van der Waals surface area contributed by atoms with Crippen LogP contribution in [0.25, 0.3) is 0 Å². The van der Waals surface area contributed by atoms with Crippen LogP contribution in [0.15, 0.2) is 4.99 Å². The van der Waals surface area contributed by atoms with Gasteiger partial charge in [0.1, 0.15) is 5.60 Å². The van der Waals surface area contributed by atoms with Gasteiger partial charge in [-0.25, -0.2) is 4.79 Å². The molecule has 172 valence electrons. The van der Waals surface area contributed by atoms with Crippen molar-refractivity contribution in [3.8, 4) is 0 Å². The van der Waals surface area contributed by atoms with Crippen molar-refractivity contribution in [1.29, 1.82) is 0 Å². The summed E-state index contributed by atoms with van der Waals surface area (Å²) in [5.74, 6) is 2.45. The zero-order valence-electron chi connectivity index (χ0n) is 19.5. The van der Waals surface area contributed by atoms with Crippen molar-refractivity contribution in [2.45, 2.75) is 77.4 Å². The van der Waals surface area contributed by atoms with Gasteiger partial charge in [0, 0.05) is 52.5 Å². The summed E-state index contributed by atoms with van der Waals surface area (Å²) >= 11 is 0. The van der Waals surface area contributed by atoms with Crippen LogP contribution in [0, 0.1) is 11.8 Å². The Hall–Kier alpha value is -1.50. The molecule has 0 spiro atoms. The molecule has 30 heavy (non-hydrogen) atoms. The highest BCUT2D eigenvalue weighted by atomic mass is 16.6. The number of nitrogens with one attached hydrogen (secondary N) is 1. The molecule has 0 aromatic heterocycles. The maximum absolute atomic E-state index is 12.8. The molecule has 0 atom stereocenters. The molecular weight excluding hydrogens is 380 g/mol. The second-order valence-corrected chi connectivity index (χ2v) is 10.1. The number of carbonyl (C=O) groups excluding carboxylic acids is 1. The lowest BCUT2D eigenvalue weighted by Gasteiger charge is -2.40. The summed E-state index contributed by atoms with van der Waals surface area (Å²) in [5.41, 5.74) is -0.450. The van der Waals surface area contributed by atoms with Crippen LogP contribution in [-0.4, -0.2) is 79.9 Å². The Bertz CT molecular complexity index is 573. The van der Waals surface area contributed by atoms with E-state index in [9.17, 15) is 4.79 Å². The molecular formula is C23H42N4O3. The quantitative estimate of drug-likeness (QED) is 0.350. The molecule has 1 N–H and O–H groups in total. The fraction of sp³-hybridized carbons (Fsp3) is 0.913. The number of guanidine groups is 1. The Balaban J connectivity index is 1.40. The van der Waals surface area contributed by atoms with Crippen molar-refractivity contribution in [2.24, 2.45) is 16.8 Å². The van der Waals surface area contributed by atoms with Crippen LogP contribution < -0.4 is 5.32 Å². The average Bonchev–Trinajstić information content (AvgIpc) is 3.60. The summed E-state index contributed by atoms with van der Waals surface area (Å²) in [5, 5.41) is 3.47. The molecule has 3 aliphatic rings. The molecule has 0 radical (unpaired) electrons. The van der Waals surface area contributed by atoms with Gasteiger partial charge in [-0.3, -0.25) is 4.99 Å². The molecule has 3 rings (SSSR count). The molecule has 2 saturated carbocycles. The Morgan fingerprint density at radius 3 is 2.33 bits per heavy atom. The highest BCUT2D eigenvalue weighted by Crippen LogP contribution is 2.32. The third-order valence-electron chi connectivity index (χ3n) is 6.00. The summed E-state index contributed by atoms with van der Waals surface area (Å²) in [6, 6.07) is 0.255. The Morgan fingerprint density at radius 1 is 1.10 bits per heavy atom. The van der Waals surface area contributed by atoms with Crippen molar-refractivity contribution in [1.82, 2.24) is 15.1 Å². The lowest BCUT2D eigenvalue weighted by atomic mass is 10.0. The molecule has 7 nitrogen and oxygen atoms in total. The molecule has 1 aliphatic heterocycles. The van der Waals surface area contributed by atoms with Gasteiger partial charge in [0.25, 0.3) is 0 Å². The van der Waals surface area contributed by atoms with Crippen molar-refractivity contribution in [3.63, 3.8) is 0 Å². The van der Waals surface area contributed by atoms with Crippen LogP contribution >= 0.6 is 0 Å². The van der Waals surface area contributed by atoms with E-state index < -0.39 is 5.60 Å². The number of hydrogen-bond acceptors (Lipinski definition) is 4. The normalized spacial score (nSPS) is 20.9. The number of ether oxygens (including phenoxy) is 2. The third-order valence-corrected chi connectivity index (χ3v) is 6.00. The van der Waals surface area contributed by atoms with Crippen LogP contribution in [0.3, 0.4) is 0 Å². The van der Waals surface area contributed by atoms with E-state index in [1.165, 1.54) is 25.7 Å². The van der Waals surface area contributed by atoms with Gasteiger partial charge in [-0.2, -0.15) is 0 Å². The Kier molecular flexibility index (Phi) is 8.26. The highest BCUT2D eigenvalue weighted by Gasteiger charge is 2.35. The smallest absolute Gasteiger partial charge is 0.410 e. The summed E-state index contributed by atoms with van der Waals surface area (Å²) in [4.78, 5) is 21.6. The van der Waals surface area contributed by atoms with Gasteiger partial charge in [0.15, 0.2) is 5.96 Å². The van der Waals surface area contributed by atoms with Crippen molar-refractivity contribution in [2.75, 3.05) is 46.4 Å². The zero-order chi connectivity index (χ0) is 21.6. The molecule has 0 unspecified atom stereocenters. The Labute approximate surface area is 182 Å². The first-order valence-corrected chi connectivity index (χ1v) is 11.9. The number of rotatable bonds is 9. The van der Waals surface area contributed by atoms with Crippen LogP contribution in [0.1, 0.15) is 65.7 Å². The van der Waals surface area contributed by atoms with Crippen molar-refractivity contribution < 1.29 is 14.3 Å². The number of likely N-dealkylation sites (tertiary alicyclic amines) is 1. The summed E-state index contributed by atoms with van der Waals surface area (Å²) in [6.45, 7) is 11.1. The maximum Gasteiger partial charge on any atom is 0.410 e. The van der Waals surface area contributed by atoms with Crippen molar-refractivity contribution in [3.05, 3.63) is 0 Å². The molecule has 1 saturated heterocycles. The Morgan fingerprint density at radius 2 is 1.77 bits per heavy atom. The largest absolute Gasteiger partial charge is 0.444 e. The zero-order valence-corrected chi connectivity index (χ0v) is 19.5. The number of hydrogen-bond donors (Lipinski definition) is 1. The van der Waals surface area contributed by atoms with E-state index in [-0.39, 0.29) is 12.1 Å². The summed E-state index contributed by atoms with van der Waals surface area (Å²) in [7, 11) is 1.85. The van der Waals surface area contributed by atoms with Gasteiger partial charge >= 0.3 is 6.09 Å². The molecule has 7 heteroatoms. The van der Waals surface area contributed by atoms with Crippen LogP contribution in [0.4, 0.5) is 4.79 Å². The average molecular weight is 423 g/mol.